The summed E-state index contributed by atoms with van der Waals surface area (Å²) < 4.78 is 0. The zero-order valence-electron chi connectivity index (χ0n) is 15.4. The fourth-order valence-corrected chi connectivity index (χ4v) is 4.26. The summed E-state index contributed by atoms with van der Waals surface area (Å²) in [6, 6.07) is 13.5. The van der Waals surface area contributed by atoms with E-state index in [0.29, 0.717) is 47.5 Å². The minimum atomic E-state index is -0.368. The first-order valence-electron chi connectivity index (χ1n) is 9.07. The Morgan fingerprint density at radius 2 is 1.69 bits per heavy atom. The lowest BCUT2D eigenvalue weighted by Crippen LogP contribution is -2.48. The number of phenolic OH excluding ortho intramolecular Hbond substituents is 1. The van der Waals surface area contributed by atoms with Crippen molar-refractivity contribution in [2.45, 2.75) is 0 Å². The number of nitro benzene ring substituents is 1. The number of carbonyl (C=O) groups excluding carboxylic acids is 1. The molecule has 1 amide bonds. The van der Waals surface area contributed by atoms with Gasteiger partial charge >= 0.3 is 0 Å². The van der Waals surface area contributed by atoms with Crippen LogP contribution in [0.2, 0.25) is 0 Å². The number of carbonyl (C=O) groups is 1. The van der Waals surface area contributed by atoms with Gasteiger partial charge in [-0.15, -0.1) is 0 Å². The molecule has 0 aromatic heterocycles. The number of anilines is 1. The number of phenols is 1. The minimum absolute atomic E-state index is 0.0941. The van der Waals surface area contributed by atoms with Crippen molar-refractivity contribution in [1.29, 1.82) is 0 Å². The first-order chi connectivity index (χ1) is 14.0. The van der Waals surface area contributed by atoms with E-state index in [0.717, 1.165) is 0 Å². The maximum atomic E-state index is 12.3. The number of hydrogen-bond acceptors (Lipinski definition) is 7. The maximum absolute atomic E-state index is 12.3. The molecule has 1 fully saturated rings. The minimum Gasteiger partial charge on any atom is -0.507 e. The van der Waals surface area contributed by atoms with E-state index in [1.54, 1.807) is 48.5 Å². The van der Waals surface area contributed by atoms with Gasteiger partial charge in [0.15, 0.2) is 5.17 Å². The van der Waals surface area contributed by atoms with Gasteiger partial charge in [-0.2, -0.15) is 4.99 Å². The normalized spacial score (nSPS) is 18.3. The highest BCUT2D eigenvalue weighted by Gasteiger charge is 2.30. The quantitative estimate of drug-likeness (QED) is 0.471. The molecule has 0 atom stereocenters. The molecule has 1 saturated heterocycles. The molecule has 9 heteroatoms. The van der Waals surface area contributed by atoms with Crippen LogP contribution in [0.25, 0.3) is 6.08 Å². The van der Waals surface area contributed by atoms with E-state index in [1.807, 2.05) is 9.80 Å². The molecule has 2 aliphatic rings. The van der Waals surface area contributed by atoms with Crippen LogP contribution in [0.15, 0.2) is 58.4 Å². The number of benzene rings is 2. The third-order valence-electron chi connectivity index (χ3n) is 4.80. The van der Waals surface area contributed by atoms with E-state index in [2.05, 4.69) is 4.99 Å². The van der Waals surface area contributed by atoms with E-state index < -0.39 is 0 Å². The van der Waals surface area contributed by atoms with Crippen LogP contribution in [0.5, 0.6) is 5.75 Å². The number of nitrogens with zero attached hydrogens (tertiary/aromatic N) is 4. The van der Waals surface area contributed by atoms with Crippen molar-refractivity contribution >= 4 is 40.3 Å². The van der Waals surface area contributed by atoms with Gasteiger partial charge in [0.05, 0.1) is 9.83 Å². The van der Waals surface area contributed by atoms with Gasteiger partial charge in [0.1, 0.15) is 11.4 Å². The van der Waals surface area contributed by atoms with Gasteiger partial charge in [-0.3, -0.25) is 14.9 Å². The Bertz CT molecular complexity index is 1030. The highest BCUT2D eigenvalue weighted by Crippen LogP contribution is 2.33. The fourth-order valence-electron chi connectivity index (χ4n) is 3.31. The van der Waals surface area contributed by atoms with E-state index in [-0.39, 0.29) is 22.3 Å². The highest BCUT2D eigenvalue weighted by molar-refractivity contribution is 8.18. The van der Waals surface area contributed by atoms with E-state index >= 15 is 0 Å². The molecular formula is C20H18N4O4S. The van der Waals surface area contributed by atoms with Gasteiger partial charge < -0.3 is 14.9 Å². The van der Waals surface area contributed by atoms with Crippen LogP contribution < -0.4 is 4.90 Å². The predicted octanol–water partition coefficient (Wildman–Crippen LogP) is 3.09. The van der Waals surface area contributed by atoms with Crippen molar-refractivity contribution in [2.24, 2.45) is 4.99 Å². The molecule has 148 valence electrons. The summed E-state index contributed by atoms with van der Waals surface area (Å²) in [4.78, 5) is 31.8. The number of hydrogen-bond donors (Lipinski definition) is 1. The number of aromatic hydroxyl groups is 1. The number of amidine groups is 1. The molecule has 0 unspecified atom stereocenters. The van der Waals surface area contributed by atoms with Crippen LogP contribution in [0.4, 0.5) is 11.4 Å². The molecule has 4 rings (SSSR count). The van der Waals surface area contributed by atoms with Crippen LogP contribution in [-0.4, -0.2) is 52.2 Å². The second kappa shape index (κ2) is 7.96. The summed E-state index contributed by atoms with van der Waals surface area (Å²) in [5.41, 5.74) is 1.27. The Kier molecular flexibility index (Phi) is 5.22. The van der Waals surface area contributed by atoms with Crippen LogP contribution in [0.3, 0.4) is 0 Å². The average molecular weight is 410 g/mol. The summed E-state index contributed by atoms with van der Waals surface area (Å²) in [6.45, 7) is 2.40. The van der Waals surface area contributed by atoms with E-state index in [1.165, 1.54) is 17.8 Å². The largest absolute Gasteiger partial charge is 0.507 e. The molecule has 0 aliphatic carbocycles. The van der Waals surface area contributed by atoms with Crippen LogP contribution in [-0.2, 0) is 4.79 Å². The molecule has 0 saturated carbocycles. The monoisotopic (exact) mass is 410 g/mol. The summed E-state index contributed by atoms with van der Waals surface area (Å²) in [5, 5.41) is 21.8. The lowest BCUT2D eigenvalue weighted by Gasteiger charge is -2.36. The molecule has 29 heavy (non-hydrogen) atoms. The summed E-state index contributed by atoms with van der Waals surface area (Å²) in [5.74, 6) is -0.214. The number of aliphatic imine (C=N–C) groups is 1. The average Bonchev–Trinajstić information content (AvgIpc) is 3.10. The van der Waals surface area contributed by atoms with E-state index in [4.69, 9.17) is 0 Å². The van der Waals surface area contributed by atoms with Crippen molar-refractivity contribution < 1.29 is 14.8 Å². The fraction of sp³-hybridized carbons (Fsp3) is 0.200. The summed E-state index contributed by atoms with van der Waals surface area (Å²) >= 11 is 1.28. The standard InChI is InChI=1S/C20H18N4O4S/c25-17-8-4-1-5-14(17)13-18-19(26)21-20(29-18)23-11-9-22(10-12-23)15-6-2-3-7-16(15)24(27)28/h1-8,13,25H,9-12H2/b18-13+. The Hall–Kier alpha value is -3.33. The predicted molar refractivity (Wildman–Crippen MR) is 113 cm³/mol. The van der Waals surface area contributed by atoms with Gasteiger partial charge in [0, 0.05) is 37.8 Å². The van der Waals surface area contributed by atoms with Crippen LogP contribution in [0, 0.1) is 10.1 Å². The number of thioether (sulfide) groups is 1. The molecule has 1 N–H and O–H groups in total. The van der Waals surface area contributed by atoms with Crippen molar-refractivity contribution in [1.82, 2.24) is 4.90 Å². The third kappa shape index (κ3) is 3.95. The third-order valence-corrected chi connectivity index (χ3v) is 5.85. The zero-order valence-corrected chi connectivity index (χ0v) is 16.2. The first kappa shape index (κ1) is 19.0. The first-order valence-corrected chi connectivity index (χ1v) is 9.88. The Morgan fingerprint density at radius 3 is 2.41 bits per heavy atom. The van der Waals surface area contributed by atoms with Gasteiger partial charge in [-0.25, -0.2) is 0 Å². The molecule has 0 bridgehead atoms. The Labute approximate surface area is 171 Å². The van der Waals surface area contributed by atoms with Crippen molar-refractivity contribution in [3.05, 3.63) is 69.1 Å². The van der Waals surface area contributed by atoms with Gasteiger partial charge in [0.25, 0.3) is 11.6 Å². The smallest absolute Gasteiger partial charge is 0.292 e. The number of amides is 1. The topological polar surface area (TPSA) is 99.3 Å². The van der Waals surface area contributed by atoms with Crippen LogP contribution >= 0.6 is 11.8 Å². The lowest BCUT2D eigenvalue weighted by atomic mass is 10.2. The van der Waals surface area contributed by atoms with Gasteiger partial charge in [-0.1, -0.05) is 30.3 Å². The van der Waals surface area contributed by atoms with Crippen LogP contribution in [0.1, 0.15) is 5.56 Å². The molecule has 0 spiro atoms. The number of nitro groups is 1. The maximum Gasteiger partial charge on any atom is 0.292 e. The molecular weight excluding hydrogens is 392 g/mol. The molecule has 2 aromatic carbocycles. The lowest BCUT2D eigenvalue weighted by molar-refractivity contribution is -0.384. The summed E-state index contributed by atoms with van der Waals surface area (Å²) in [7, 11) is 0. The zero-order chi connectivity index (χ0) is 20.4. The SMILES string of the molecule is O=C1N=C(N2CCN(c3ccccc3[N+](=O)[O-])CC2)S/C1=C/c1ccccc1O. The highest BCUT2D eigenvalue weighted by atomic mass is 32.2. The van der Waals surface area contributed by atoms with Crippen molar-refractivity contribution in [3.63, 3.8) is 0 Å². The molecule has 2 aliphatic heterocycles. The molecule has 2 aromatic rings. The van der Waals surface area contributed by atoms with Gasteiger partial charge in [-0.05, 0) is 30.0 Å². The second-order valence-electron chi connectivity index (χ2n) is 6.59. The number of para-hydroxylation sites is 3. The van der Waals surface area contributed by atoms with Crippen molar-refractivity contribution in [3.8, 4) is 5.75 Å². The van der Waals surface area contributed by atoms with E-state index in [9.17, 15) is 20.0 Å². The second-order valence-corrected chi connectivity index (χ2v) is 7.60. The number of rotatable bonds is 3. The Balaban J connectivity index is 1.44. The summed E-state index contributed by atoms with van der Waals surface area (Å²) in [6.07, 6.45) is 1.64. The molecule has 2 heterocycles. The van der Waals surface area contributed by atoms with Gasteiger partial charge in [0.2, 0.25) is 0 Å². The van der Waals surface area contributed by atoms with Crippen molar-refractivity contribution in [2.75, 3.05) is 31.1 Å². The number of piperazine rings is 1. The molecule has 0 radical (unpaired) electrons. The molecule has 8 nitrogen and oxygen atoms in total. The Morgan fingerprint density at radius 1 is 1.03 bits per heavy atom.